The van der Waals surface area contributed by atoms with Crippen LogP contribution in [-0.2, 0) is 31.3 Å². The molecule has 0 atom stereocenters. The Bertz CT molecular complexity index is 1090. The van der Waals surface area contributed by atoms with Gasteiger partial charge in [-0.2, -0.15) is 4.31 Å². The van der Waals surface area contributed by atoms with Crippen molar-refractivity contribution in [2.24, 2.45) is 0 Å². The highest BCUT2D eigenvalue weighted by atomic mass is 32.2. The Morgan fingerprint density at radius 2 is 1.41 bits per heavy atom. The van der Waals surface area contributed by atoms with Gasteiger partial charge in [-0.15, -0.1) is 0 Å². The molecule has 0 aromatic heterocycles. The molecule has 0 aliphatic heterocycles. The van der Waals surface area contributed by atoms with Gasteiger partial charge in [0.15, 0.2) is 0 Å². The first-order valence-corrected chi connectivity index (χ1v) is 13.7. The molecule has 2 rings (SSSR count). The molecule has 0 heterocycles. The molecule has 0 saturated heterocycles. The number of rotatable bonds is 12. The highest BCUT2D eigenvalue weighted by molar-refractivity contribution is 7.92. The van der Waals surface area contributed by atoms with E-state index in [4.69, 9.17) is 0 Å². The molecule has 32 heavy (non-hydrogen) atoms. The van der Waals surface area contributed by atoms with E-state index in [1.54, 1.807) is 69.3 Å². The van der Waals surface area contributed by atoms with Gasteiger partial charge in [-0.25, -0.2) is 16.8 Å². The zero-order chi connectivity index (χ0) is 23.8. The molecule has 176 valence electrons. The highest BCUT2D eigenvalue weighted by Crippen LogP contribution is 2.18. The van der Waals surface area contributed by atoms with Gasteiger partial charge < -0.3 is 5.32 Å². The van der Waals surface area contributed by atoms with Crippen LogP contribution in [0.4, 0.5) is 11.4 Å². The third-order valence-corrected chi connectivity index (χ3v) is 8.38. The number of nitrogens with zero attached hydrogens (tertiary/aromatic N) is 1. The van der Waals surface area contributed by atoms with Crippen molar-refractivity contribution in [2.75, 3.05) is 28.9 Å². The van der Waals surface area contributed by atoms with Crippen LogP contribution in [0.15, 0.2) is 53.4 Å². The minimum Gasteiger partial charge on any atom is -0.326 e. The largest absolute Gasteiger partial charge is 0.326 e. The summed E-state index contributed by atoms with van der Waals surface area (Å²) < 4.78 is 52.6. The Balaban J connectivity index is 1.90. The van der Waals surface area contributed by atoms with E-state index in [1.165, 1.54) is 4.31 Å². The molecule has 0 radical (unpaired) electrons. The van der Waals surface area contributed by atoms with Crippen molar-refractivity contribution in [3.8, 4) is 0 Å². The van der Waals surface area contributed by atoms with E-state index in [0.29, 0.717) is 37.3 Å². The van der Waals surface area contributed by atoms with Crippen molar-refractivity contribution in [1.29, 1.82) is 0 Å². The van der Waals surface area contributed by atoms with Crippen molar-refractivity contribution in [3.05, 3.63) is 54.1 Å². The van der Waals surface area contributed by atoms with Crippen molar-refractivity contribution < 1.29 is 21.6 Å². The maximum atomic E-state index is 12.5. The fourth-order valence-electron chi connectivity index (χ4n) is 3.14. The molecule has 0 aliphatic carbocycles. The molecule has 0 bridgehead atoms. The summed E-state index contributed by atoms with van der Waals surface area (Å²) >= 11 is 0. The molecule has 0 aliphatic rings. The Morgan fingerprint density at radius 1 is 0.844 bits per heavy atom. The van der Waals surface area contributed by atoms with Crippen LogP contribution in [0, 0.1) is 0 Å². The molecule has 1 amide bonds. The molecule has 0 unspecified atom stereocenters. The third-order valence-electron chi connectivity index (χ3n) is 4.82. The molecule has 2 aromatic rings. The van der Waals surface area contributed by atoms with Gasteiger partial charge in [-0.1, -0.05) is 32.9 Å². The molecule has 0 fully saturated rings. The highest BCUT2D eigenvalue weighted by Gasteiger charge is 2.21. The average molecular weight is 482 g/mol. The van der Waals surface area contributed by atoms with Crippen LogP contribution in [0.25, 0.3) is 0 Å². The molecule has 10 heteroatoms. The lowest BCUT2D eigenvalue weighted by molar-refractivity contribution is -0.116. The topological polar surface area (TPSA) is 113 Å². The lowest BCUT2D eigenvalue weighted by Crippen LogP contribution is -2.30. The minimum atomic E-state index is -3.50. The van der Waals surface area contributed by atoms with Crippen molar-refractivity contribution in [3.63, 3.8) is 0 Å². The monoisotopic (exact) mass is 481 g/mol. The van der Waals surface area contributed by atoms with Crippen LogP contribution in [0.5, 0.6) is 0 Å². The Morgan fingerprint density at radius 3 is 1.94 bits per heavy atom. The summed E-state index contributed by atoms with van der Waals surface area (Å²) in [6, 6.07) is 13.0. The lowest BCUT2D eigenvalue weighted by atomic mass is 10.1. The number of anilines is 2. The predicted molar refractivity (Wildman–Crippen MR) is 128 cm³/mol. The quantitative estimate of drug-likeness (QED) is 0.482. The van der Waals surface area contributed by atoms with Crippen LogP contribution < -0.4 is 10.0 Å². The zero-order valence-corrected chi connectivity index (χ0v) is 20.3. The summed E-state index contributed by atoms with van der Waals surface area (Å²) in [5.74, 6) is -0.141. The first-order chi connectivity index (χ1) is 15.1. The number of nitrogens with one attached hydrogen (secondary N) is 2. The van der Waals surface area contributed by atoms with E-state index in [-0.39, 0.29) is 23.0 Å². The minimum absolute atomic E-state index is 0.0495. The molecular formula is C22H31N3O5S2. The van der Waals surface area contributed by atoms with Gasteiger partial charge in [0, 0.05) is 30.9 Å². The van der Waals surface area contributed by atoms with Crippen molar-refractivity contribution in [1.82, 2.24) is 4.31 Å². The summed E-state index contributed by atoms with van der Waals surface area (Å²) in [5.41, 5.74) is 1.87. The van der Waals surface area contributed by atoms with E-state index >= 15 is 0 Å². The Hall–Kier alpha value is -2.43. The zero-order valence-electron chi connectivity index (χ0n) is 18.7. The van der Waals surface area contributed by atoms with Crippen LogP contribution in [0.2, 0.25) is 0 Å². The molecule has 8 nitrogen and oxygen atoms in total. The SMILES string of the molecule is CCCS(=O)(=O)Nc1ccc(NC(=O)CCc2ccc(S(=O)(=O)N(CC)CC)cc2)cc1. The first kappa shape index (κ1) is 25.8. The number of hydrogen-bond donors (Lipinski definition) is 2. The van der Waals surface area contributed by atoms with E-state index in [2.05, 4.69) is 10.0 Å². The number of carbonyl (C=O) groups excluding carboxylic acids is 1. The molecule has 0 spiro atoms. The standard InChI is InChI=1S/C22H31N3O5S2/c1-4-17-31(27,28)24-20-12-10-19(11-13-20)23-22(26)16-9-18-7-14-21(15-8-18)32(29,30)25(5-2)6-3/h7-8,10-15,24H,4-6,9,16-17H2,1-3H3,(H,23,26). The molecule has 0 saturated carbocycles. The van der Waals surface area contributed by atoms with Crippen LogP contribution in [-0.4, -0.2) is 45.9 Å². The van der Waals surface area contributed by atoms with Gasteiger partial charge in [0.1, 0.15) is 0 Å². The van der Waals surface area contributed by atoms with Gasteiger partial charge in [-0.3, -0.25) is 9.52 Å². The van der Waals surface area contributed by atoms with Crippen LogP contribution in [0.1, 0.15) is 39.2 Å². The second-order valence-corrected chi connectivity index (χ2v) is 11.1. The Labute approximate surface area is 191 Å². The van der Waals surface area contributed by atoms with E-state index in [0.717, 1.165) is 5.56 Å². The van der Waals surface area contributed by atoms with Gasteiger partial charge >= 0.3 is 0 Å². The average Bonchev–Trinajstić information content (AvgIpc) is 2.74. The molecular weight excluding hydrogens is 450 g/mol. The van der Waals surface area contributed by atoms with E-state index < -0.39 is 20.0 Å². The molecule has 2 N–H and O–H groups in total. The fraction of sp³-hybridized carbons (Fsp3) is 0.409. The van der Waals surface area contributed by atoms with E-state index in [9.17, 15) is 21.6 Å². The Kier molecular flexibility index (Phi) is 9.23. The van der Waals surface area contributed by atoms with Gasteiger partial charge in [-0.05, 0) is 54.8 Å². The number of carbonyl (C=O) groups is 1. The van der Waals surface area contributed by atoms with E-state index in [1.807, 2.05) is 0 Å². The first-order valence-electron chi connectivity index (χ1n) is 10.6. The number of aryl methyl sites for hydroxylation is 1. The van der Waals surface area contributed by atoms with Gasteiger partial charge in [0.25, 0.3) is 0 Å². The lowest BCUT2D eigenvalue weighted by Gasteiger charge is -2.18. The van der Waals surface area contributed by atoms with Crippen molar-refractivity contribution in [2.45, 2.75) is 44.9 Å². The van der Waals surface area contributed by atoms with Gasteiger partial charge in [0.05, 0.1) is 10.6 Å². The third kappa shape index (κ3) is 7.32. The summed E-state index contributed by atoms with van der Waals surface area (Å²) in [7, 11) is -6.86. The second kappa shape index (κ2) is 11.4. The second-order valence-electron chi connectivity index (χ2n) is 7.28. The smallest absolute Gasteiger partial charge is 0.243 e. The van der Waals surface area contributed by atoms with Crippen LogP contribution >= 0.6 is 0 Å². The summed E-state index contributed by atoms with van der Waals surface area (Å²) in [6.45, 7) is 6.21. The normalized spacial score (nSPS) is 12.0. The number of hydrogen-bond acceptors (Lipinski definition) is 5. The predicted octanol–water partition coefficient (Wildman–Crippen LogP) is 3.44. The maximum absolute atomic E-state index is 12.5. The summed E-state index contributed by atoms with van der Waals surface area (Å²) in [6.07, 6.45) is 1.22. The summed E-state index contributed by atoms with van der Waals surface area (Å²) in [4.78, 5) is 12.5. The number of sulfonamides is 2. The number of amides is 1. The van der Waals surface area contributed by atoms with Crippen LogP contribution in [0.3, 0.4) is 0 Å². The van der Waals surface area contributed by atoms with Crippen molar-refractivity contribution >= 4 is 37.3 Å². The van der Waals surface area contributed by atoms with Gasteiger partial charge in [0.2, 0.25) is 26.0 Å². The molecule has 2 aromatic carbocycles. The summed E-state index contributed by atoms with van der Waals surface area (Å²) in [5, 5.41) is 2.77. The number of benzene rings is 2. The maximum Gasteiger partial charge on any atom is 0.243 e. The fourth-order valence-corrected chi connectivity index (χ4v) is 5.74.